The molecule has 0 saturated carbocycles. The van der Waals surface area contributed by atoms with Crippen LogP contribution in [0.15, 0.2) is 49.1 Å². The zero-order chi connectivity index (χ0) is 19.0. The molecule has 4 aromatic rings. The lowest BCUT2D eigenvalue weighted by molar-refractivity contribution is 0.367. The minimum atomic E-state index is -0.226. The van der Waals surface area contributed by atoms with Gasteiger partial charge in [-0.3, -0.25) is 0 Å². The molecule has 0 unspecified atom stereocenters. The number of aryl methyl sites for hydroxylation is 1. The monoisotopic (exact) mass is 359 g/mol. The third-order valence-electron chi connectivity index (χ3n) is 4.22. The normalized spacial score (nSPS) is 11.7. The summed E-state index contributed by atoms with van der Waals surface area (Å²) in [4.78, 5) is 17.4. The molecule has 1 aromatic carbocycles. The zero-order valence-corrected chi connectivity index (χ0v) is 15.8. The van der Waals surface area contributed by atoms with Crippen molar-refractivity contribution in [3.63, 3.8) is 0 Å². The van der Waals surface area contributed by atoms with Gasteiger partial charge < -0.3 is 5.32 Å². The summed E-state index contributed by atoms with van der Waals surface area (Å²) in [6.07, 6.45) is 4.91. The molecular weight excluding hydrogens is 338 g/mol. The van der Waals surface area contributed by atoms with Crippen molar-refractivity contribution < 1.29 is 0 Å². The van der Waals surface area contributed by atoms with Gasteiger partial charge in [0, 0.05) is 18.0 Å². The molecule has 7 heteroatoms. The molecule has 0 amide bonds. The van der Waals surface area contributed by atoms with Crippen LogP contribution in [0.4, 0.5) is 11.8 Å². The number of hydrogen-bond donors (Lipinski definition) is 1. The summed E-state index contributed by atoms with van der Waals surface area (Å²) >= 11 is 0. The van der Waals surface area contributed by atoms with Crippen LogP contribution in [0, 0.1) is 6.92 Å². The van der Waals surface area contributed by atoms with E-state index < -0.39 is 0 Å². The van der Waals surface area contributed by atoms with E-state index in [2.05, 4.69) is 77.2 Å². The number of aromatic nitrogens is 6. The lowest BCUT2D eigenvalue weighted by atomic mass is 10.1. The van der Waals surface area contributed by atoms with Gasteiger partial charge in [-0.1, -0.05) is 29.8 Å². The molecule has 0 aliphatic carbocycles. The molecule has 7 nitrogen and oxygen atoms in total. The molecule has 0 spiro atoms. The van der Waals surface area contributed by atoms with E-state index in [9.17, 15) is 0 Å². The van der Waals surface area contributed by atoms with Gasteiger partial charge in [0.2, 0.25) is 5.95 Å². The van der Waals surface area contributed by atoms with Crippen molar-refractivity contribution >= 4 is 22.8 Å². The van der Waals surface area contributed by atoms with E-state index >= 15 is 0 Å². The molecule has 27 heavy (non-hydrogen) atoms. The van der Waals surface area contributed by atoms with Gasteiger partial charge in [0.05, 0.1) is 10.9 Å². The average molecular weight is 359 g/mol. The summed E-state index contributed by atoms with van der Waals surface area (Å²) in [5, 5.41) is 8.95. The fourth-order valence-corrected chi connectivity index (χ4v) is 2.90. The first-order valence-corrected chi connectivity index (χ1v) is 8.79. The second kappa shape index (κ2) is 6.42. The Morgan fingerprint density at radius 3 is 2.30 bits per heavy atom. The number of fused-ring (bicyclic) bond motifs is 1. The fraction of sp³-hybridized carbons (Fsp3) is 0.250. The van der Waals surface area contributed by atoms with E-state index in [1.165, 1.54) is 11.9 Å². The number of anilines is 2. The summed E-state index contributed by atoms with van der Waals surface area (Å²) in [5.74, 6) is 1.12. The van der Waals surface area contributed by atoms with Crippen molar-refractivity contribution in [2.24, 2.45) is 0 Å². The minimum absolute atomic E-state index is 0.226. The Labute approximate surface area is 157 Å². The second-order valence-electron chi connectivity index (χ2n) is 7.42. The van der Waals surface area contributed by atoms with Crippen molar-refractivity contribution in [1.82, 2.24) is 29.7 Å². The smallest absolute Gasteiger partial charge is 0.228 e. The zero-order valence-electron chi connectivity index (χ0n) is 15.8. The van der Waals surface area contributed by atoms with Crippen molar-refractivity contribution in [2.75, 3.05) is 5.32 Å². The molecular formula is C20H21N7. The van der Waals surface area contributed by atoms with Crippen LogP contribution < -0.4 is 5.32 Å². The van der Waals surface area contributed by atoms with Crippen LogP contribution in [0.25, 0.3) is 22.3 Å². The summed E-state index contributed by atoms with van der Waals surface area (Å²) in [7, 11) is 0. The minimum Gasteiger partial charge on any atom is -0.308 e. The molecule has 0 fully saturated rings. The van der Waals surface area contributed by atoms with E-state index in [0.29, 0.717) is 11.8 Å². The summed E-state index contributed by atoms with van der Waals surface area (Å²) in [6, 6.07) is 10.1. The van der Waals surface area contributed by atoms with Crippen LogP contribution in [-0.4, -0.2) is 29.7 Å². The Morgan fingerprint density at radius 2 is 1.63 bits per heavy atom. The largest absolute Gasteiger partial charge is 0.308 e. The topological polar surface area (TPSA) is 81.4 Å². The van der Waals surface area contributed by atoms with Crippen molar-refractivity contribution in [3.8, 4) is 11.3 Å². The van der Waals surface area contributed by atoms with Crippen molar-refractivity contribution in [2.45, 2.75) is 33.2 Å². The maximum Gasteiger partial charge on any atom is 0.228 e. The standard InChI is InChI=1S/C20H21N7/c1-13-6-8-14(9-7-13)16-15-17(25-19-21-10-5-11-22-19)23-12-24-18(15)27(26-16)20(2,3)4/h5-12H,1-4H3,(H,21,22,23,24,25). The van der Waals surface area contributed by atoms with Gasteiger partial charge in [-0.15, -0.1) is 0 Å². The molecule has 3 heterocycles. The number of benzene rings is 1. The number of hydrogen-bond acceptors (Lipinski definition) is 6. The second-order valence-corrected chi connectivity index (χ2v) is 7.42. The van der Waals surface area contributed by atoms with Crippen molar-refractivity contribution in [1.29, 1.82) is 0 Å². The van der Waals surface area contributed by atoms with Crippen LogP contribution in [0.2, 0.25) is 0 Å². The molecule has 0 saturated heterocycles. The van der Waals surface area contributed by atoms with Gasteiger partial charge in [-0.2, -0.15) is 5.10 Å². The molecule has 0 aliphatic rings. The fourth-order valence-electron chi connectivity index (χ4n) is 2.90. The quantitative estimate of drug-likeness (QED) is 0.593. The summed E-state index contributed by atoms with van der Waals surface area (Å²) in [5.41, 5.74) is 3.59. The summed E-state index contributed by atoms with van der Waals surface area (Å²) in [6.45, 7) is 8.38. The highest BCUT2D eigenvalue weighted by molar-refractivity contribution is 5.99. The third kappa shape index (κ3) is 3.23. The van der Waals surface area contributed by atoms with E-state index in [1.807, 2.05) is 4.68 Å². The highest BCUT2D eigenvalue weighted by Crippen LogP contribution is 2.34. The number of nitrogens with zero attached hydrogens (tertiary/aromatic N) is 6. The first-order chi connectivity index (χ1) is 12.9. The maximum atomic E-state index is 4.90. The molecule has 1 N–H and O–H groups in total. The molecule has 0 radical (unpaired) electrons. The lowest BCUT2D eigenvalue weighted by Gasteiger charge is -2.19. The van der Waals surface area contributed by atoms with E-state index in [-0.39, 0.29) is 5.54 Å². The lowest BCUT2D eigenvalue weighted by Crippen LogP contribution is -2.23. The van der Waals surface area contributed by atoms with Gasteiger partial charge in [-0.05, 0) is 33.8 Å². The SMILES string of the molecule is Cc1ccc(-c2nn(C(C)(C)C)c3ncnc(Nc4ncccn4)c23)cc1. The number of nitrogens with one attached hydrogen (secondary N) is 1. The molecule has 0 atom stereocenters. The highest BCUT2D eigenvalue weighted by atomic mass is 15.3. The third-order valence-corrected chi connectivity index (χ3v) is 4.22. The first kappa shape index (κ1) is 17.1. The van der Waals surface area contributed by atoms with Crippen LogP contribution in [0.3, 0.4) is 0 Å². The van der Waals surface area contributed by atoms with E-state index in [0.717, 1.165) is 22.3 Å². The average Bonchev–Trinajstić information content (AvgIpc) is 3.04. The Hall–Kier alpha value is -3.35. The van der Waals surface area contributed by atoms with Crippen LogP contribution >= 0.6 is 0 Å². The van der Waals surface area contributed by atoms with E-state index in [4.69, 9.17) is 5.10 Å². The van der Waals surface area contributed by atoms with Gasteiger partial charge in [-0.25, -0.2) is 24.6 Å². The Kier molecular flexibility index (Phi) is 4.07. The predicted octanol–water partition coefficient (Wildman–Crippen LogP) is 4.09. The molecule has 3 aromatic heterocycles. The van der Waals surface area contributed by atoms with Crippen LogP contribution in [-0.2, 0) is 5.54 Å². The van der Waals surface area contributed by atoms with Crippen LogP contribution in [0.1, 0.15) is 26.3 Å². The molecule has 4 rings (SSSR count). The summed E-state index contributed by atoms with van der Waals surface area (Å²) < 4.78 is 1.94. The Bertz CT molecular complexity index is 1080. The molecule has 0 aliphatic heterocycles. The Morgan fingerprint density at radius 1 is 0.926 bits per heavy atom. The van der Waals surface area contributed by atoms with Crippen LogP contribution in [0.5, 0.6) is 0 Å². The van der Waals surface area contributed by atoms with Gasteiger partial charge in [0.25, 0.3) is 0 Å². The molecule has 0 bridgehead atoms. The van der Waals surface area contributed by atoms with Gasteiger partial charge in [0.1, 0.15) is 17.8 Å². The predicted molar refractivity (Wildman–Crippen MR) is 106 cm³/mol. The van der Waals surface area contributed by atoms with Gasteiger partial charge >= 0.3 is 0 Å². The first-order valence-electron chi connectivity index (χ1n) is 8.79. The molecule has 136 valence electrons. The van der Waals surface area contributed by atoms with E-state index in [1.54, 1.807) is 18.5 Å². The Balaban J connectivity index is 1.97. The maximum absolute atomic E-state index is 4.90. The highest BCUT2D eigenvalue weighted by Gasteiger charge is 2.24. The van der Waals surface area contributed by atoms with Gasteiger partial charge in [0.15, 0.2) is 5.65 Å². The van der Waals surface area contributed by atoms with Crippen molar-refractivity contribution in [3.05, 3.63) is 54.6 Å². The number of rotatable bonds is 3.